The Morgan fingerprint density at radius 3 is 2.52 bits per heavy atom. The number of ether oxygens (including phenoxy) is 1. The van der Waals surface area contributed by atoms with Crippen molar-refractivity contribution in [1.29, 1.82) is 0 Å². The predicted molar refractivity (Wildman–Crippen MR) is 114 cm³/mol. The molecule has 0 aliphatic rings. The molecule has 9 nitrogen and oxygen atoms in total. The third kappa shape index (κ3) is 6.31. The first-order chi connectivity index (χ1) is 14.6. The number of carboxylic acids is 1. The molecular weight excluding hydrogens is 404 g/mol. The van der Waals surface area contributed by atoms with Gasteiger partial charge in [0, 0.05) is 17.0 Å². The Morgan fingerprint density at radius 1 is 1.19 bits per heavy atom. The fraction of sp³-hybridized carbons (Fsp3) is 0.455. The van der Waals surface area contributed by atoms with E-state index in [2.05, 4.69) is 10.6 Å². The van der Waals surface area contributed by atoms with Crippen LogP contribution in [0.15, 0.2) is 27.4 Å². The molecule has 0 radical (unpaired) electrons. The van der Waals surface area contributed by atoms with Crippen LogP contribution in [0, 0.1) is 12.8 Å². The van der Waals surface area contributed by atoms with Gasteiger partial charge in [-0.05, 0) is 37.0 Å². The van der Waals surface area contributed by atoms with Gasteiger partial charge in [0.05, 0.1) is 6.54 Å². The number of carbonyl (C=O) groups excluding carboxylic acids is 2. The number of hydrogen-bond donors (Lipinski definition) is 3. The van der Waals surface area contributed by atoms with Crippen molar-refractivity contribution in [3.05, 3.63) is 39.7 Å². The van der Waals surface area contributed by atoms with Gasteiger partial charge in [-0.2, -0.15) is 0 Å². The number of nitrogens with one attached hydrogen (secondary N) is 2. The van der Waals surface area contributed by atoms with Crippen LogP contribution in [-0.4, -0.2) is 42.1 Å². The second-order valence-corrected chi connectivity index (χ2v) is 7.60. The second-order valence-electron chi connectivity index (χ2n) is 7.60. The Kier molecular flexibility index (Phi) is 8.18. The number of amides is 2. The molecule has 0 saturated carbocycles. The van der Waals surface area contributed by atoms with Crippen LogP contribution in [0.3, 0.4) is 0 Å². The third-order valence-corrected chi connectivity index (χ3v) is 4.77. The molecular formula is C22H28N2O7. The Bertz CT molecular complexity index is 1030. The number of aryl methyl sites for hydroxylation is 2. The lowest BCUT2D eigenvalue weighted by molar-refractivity contribution is -0.143. The molecule has 0 fully saturated rings. The Labute approximate surface area is 179 Å². The van der Waals surface area contributed by atoms with E-state index in [9.17, 15) is 19.2 Å². The van der Waals surface area contributed by atoms with Crippen molar-refractivity contribution in [3.63, 3.8) is 0 Å². The maximum atomic E-state index is 12.0. The molecule has 31 heavy (non-hydrogen) atoms. The standard InChI is InChI=1S/C22H28N2O7/c1-5-6-14-9-19(27)31-21-13(4)16(8-7-15(14)21)30-11-18(26)23-10-17(25)24-20(12(2)3)22(28)29/h7-9,12,20H,5-6,10-11H2,1-4H3,(H,23,26)(H,24,25)(H,28,29)/t20-/m0/s1. The van der Waals surface area contributed by atoms with E-state index in [4.69, 9.17) is 14.3 Å². The largest absolute Gasteiger partial charge is 0.483 e. The number of carbonyl (C=O) groups is 3. The number of aliphatic carboxylic acids is 1. The second kappa shape index (κ2) is 10.6. The van der Waals surface area contributed by atoms with Gasteiger partial charge in [0.15, 0.2) is 6.61 Å². The van der Waals surface area contributed by atoms with Crippen LogP contribution in [0.4, 0.5) is 0 Å². The summed E-state index contributed by atoms with van der Waals surface area (Å²) in [5.74, 6) is -2.21. The van der Waals surface area contributed by atoms with Crippen LogP contribution in [-0.2, 0) is 20.8 Å². The highest BCUT2D eigenvalue weighted by atomic mass is 16.5. The lowest BCUT2D eigenvalue weighted by atomic mass is 10.0. The Balaban J connectivity index is 1.99. The molecule has 3 N–H and O–H groups in total. The summed E-state index contributed by atoms with van der Waals surface area (Å²) in [6.07, 6.45) is 1.62. The van der Waals surface area contributed by atoms with E-state index in [-0.39, 0.29) is 19.1 Å². The lowest BCUT2D eigenvalue weighted by Crippen LogP contribution is -2.48. The van der Waals surface area contributed by atoms with Crippen molar-refractivity contribution < 1.29 is 28.6 Å². The Hall–Kier alpha value is -3.36. The molecule has 1 aromatic heterocycles. The Morgan fingerprint density at radius 2 is 1.90 bits per heavy atom. The average Bonchev–Trinajstić information content (AvgIpc) is 2.70. The van der Waals surface area contributed by atoms with Crippen LogP contribution in [0.5, 0.6) is 5.75 Å². The van der Waals surface area contributed by atoms with E-state index in [1.165, 1.54) is 6.07 Å². The van der Waals surface area contributed by atoms with E-state index >= 15 is 0 Å². The predicted octanol–water partition coefficient (Wildman–Crippen LogP) is 1.77. The molecule has 0 unspecified atom stereocenters. The van der Waals surface area contributed by atoms with Gasteiger partial charge < -0.3 is 24.9 Å². The number of carboxylic acid groups (broad SMARTS) is 1. The van der Waals surface area contributed by atoms with Crippen LogP contribution >= 0.6 is 0 Å². The highest BCUT2D eigenvalue weighted by Gasteiger charge is 2.23. The van der Waals surface area contributed by atoms with Crippen molar-refractivity contribution in [1.82, 2.24) is 10.6 Å². The minimum absolute atomic E-state index is 0.297. The van der Waals surface area contributed by atoms with E-state index in [1.54, 1.807) is 32.9 Å². The van der Waals surface area contributed by atoms with E-state index in [0.717, 1.165) is 23.8 Å². The van der Waals surface area contributed by atoms with Crippen molar-refractivity contribution in [2.75, 3.05) is 13.2 Å². The number of hydrogen-bond acceptors (Lipinski definition) is 6. The van der Waals surface area contributed by atoms with Crippen molar-refractivity contribution in [2.45, 2.75) is 46.6 Å². The summed E-state index contributed by atoms with van der Waals surface area (Å²) in [5.41, 5.74) is 1.47. The SMILES string of the molecule is CCCc1cc(=O)oc2c(C)c(OCC(=O)NCC(=O)N[C@H](C(=O)O)C(C)C)ccc12. The zero-order valence-electron chi connectivity index (χ0n) is 18.1. The van der Waals surface area contributed by atoms with Gasteiger partial charge in [-0.25, -0.2) is 9.59 Å². The number of benzene rings is 1. The molecule has 0 aliphatic heterocycles. The van der Waals surface area contributed by atoms with Crippen LogP contribution in [0.25, 0.3) is 11.0 Å². The first kappa shape index (κ1) is 23.9. The quantitative estimate of drug-likeness (QED) is 0.487. The normalized spacial score (nSPS) is 11.9. The molecule has 9 heteroatoms. The first-order valence-corrected chi connectivity index (χ1v) is 10.1. The maximum absolute atomic E-state index is 12.0. The molecule has 2 rings (SSSR count). The van der Waals surface area contributed by atoms with Crippen molar-refractivity contribution in [2.24, 2.45) is 5.92 Å². The molecule has 1 atom stereocenters. The summed E-state index contributed by atoms with van der Waals surface area (Å²) in [6, 6.07) is 3.94. The topological polar surface area (TPSA) is 135 Å². The maximum Gasteiger partial charge on any atom is 0.336 e. The summed E-state index contributed by atoms with van der Waals surface area (Å²) < 4.78 is 10.9. The van der Waals surface area contributed by atoms with Crippen molar-refractivity contribution >= 4 is 28.8 Å². The van der Waals surface area contributed by atoms with Crippen LogP contribution < -0.4 is 21.0 Å². The highest BCUT2D eigenvalue weighted by Crippen LogP contribution is 2.28. The van der Waals surface area contributed by atoms with E-state index < -0.39 is 29.5 Å². The van der Waals surface area contributed by atoms with Crippen LogP contribution in [0.2, 0.25) is 0 Å². The average molecular weight is 432 g/mol. The van der Waals surface area contributed by atoms with E-state index in [1.807, 2.05) is 6.92 Å². The molecule has 2 aromatic rings. The summed E-state index contributed by atoms with van der Waals surface area (Å²) in [7, 11) is 0. The molecule has 0 aliphatic carbocycles. The minimum atomic E-state index is -1.14. The van der Waals surface area contributed by atoms with Crippen LogP contribution in [0.1, 0.15) is 38.3 Å². The van der Waals surface area contributed by atoms with E-state index in [0.29, 0.717) is 16.9 Å². The zero-order valence-corrected chi connectivity index (χ0v) is 18.1. The summed E-state index contributed by atoms with van der Waals surface area (Å²) in [4.78, 5) is 46.9. The minimum Gasteiger partial charge on any atom is -0.483 e. The molecule has 0 spiro atoms. The fourth-order valence-corrected chi connectivity index (χ4v) is 3.15. The summed E-state index contributed by atoms with van der Waals surface area (Å²) in [5, 5.41) is 14.7. The molecule has 2 amide bonds. The molecule has 1 heterocycles. The van der Waals surface area contributed by atoms with Gasteiger partial charge in [0.25, 0.3) is 5.91 Å². The molecule has 1 aromatic carbocycles. The van der Waals surface area contributed by atoms with Gasteiger partial charge >= 0.3 is 11.6 Å². The van der Waals surface area contributed by atoms with Crippen molar-refractivity contribution in [3.8, 4) is 5.75 Å². The number of fused-ring (bicyclic) bond motifs is 1. The van der Waals surface area contributed by atoms with Gasteiger partial charge in [0.2, 0.25) is 5.91 Å². The first-order valence-electron chi connectivity index (χ1n) is 10.1. The van der Waals surface area contributed by atoms with Gasteiger partial charge in [-0.1, -0.05) is 27.2 Å². The third-order valence-electron chi connectivity index (χ3n) is 4.77. The lowest BCUT2D eigenvalue weighted by Gasteiger charge is -2.18. The van der Waals surface area contributed by atoms with Gasteiger partial charge in [-0.3, -0.25) is 9.59 Å². The zero-order chi connectivity index (χ0) is 23.1. The summed E-state index contributed by atoms with van der Waals surface area (Å²) >= 11 is 0. The van der Waals surface area contributed by atoms with Gasteiger partial charge in [-0.15, -0.1) is 0 Å². The van der Waals surface area contributed by atoms with Gasteiger partial charge in [0.1, 0.15) is 17.4 Å². The molecule has 0 bridgehead atoms. The summed E-state index contributed by atoms with van der Waals surface area (Å²) in [6.45, 7) is 6.37. The number of rotatable bonds is 10. The molecule has 0 saturated heterocycles. The fourth-order valence-electron chi connectivity index (χ4n) is 3.15. The monoisotopic (exact) mass is 432 g/mol. The smallest absolute Gasteiger partial charge is 0.336 e. The molecule has 168 valence electrons. The highest BCUT2D eigenvalue weighted by molar-refractivity contribution is 5.88.